The Kier molecular flexibility index (Phi) is 15.6. The first-order valence-corrected chi connectivity index (χ1v) is 20.3. The quantitative estimate of drug-likeness (QED) is 0.0609. The van der Waals surface area contributed by atoms with Gasteiger partial charge >= 0.3 is 6.18 Å². The number of carbonyl (C=O) groups is 5. The molecular weight excluding hydrogens is 835 g/mol. The summed E-state index contributed by atoms with van der Waals surface area (Å²) in [5.41, 5.74) is 0.126. The Morgan fingerprint density at radius 1 is 0.778 bits per heavy atom. The van der Waals surface area contributed by atoms with Crippen molar-refractivity contribution in [1.29, 1.82) is 0 Å². The molecule has 338 valence electrons. The number of carbonyl (C=O) groups excluding carboxylic acids is 5. The summed E-state index contributed by atoms with van der Waals surface area (Å²) in [7, 11) is 0. The fraction of sp³-hybridized carbons (Fsp3) is 0.455. The summed E-state index contributed by atoms with van der Waals surface area (Å²) >= 11 is 0. The Morgan fingerprint density at radius 2 is 1.44 bits per heavy atom. The van der Waals surface area contributed by atoms with E-state index in [0.717, 1.165) is 42.7 Å². The molecule has 7 rings (SSSR count). The molecule has 2 aliphatic heterocycles. The second kappa shape index (κ2) is 21.1. The molecule has 2 fully saturated rings. The molecule has 1 saturated heterocycles. The third-order valence-electron chi connectivity index (χ3n) is 10.9. The van der Waals surface area contributed by atoms with E-state index in [1.54, 1.807) is 12.1 Å². The van der Waals surface area contributed by atoms with Crippen molar-refractivity contribution in [2.75, 3.05) is 64.8 Å². The minimum Gasteiger partial charge on any atom is -0.491 e. The van der Waals surface area contributed by atoms with E-state index in [1.807, 2.05) is 4.57 Å². The Balaban J connectivity index is 0.00000661. The molecule has 0 spiro atoms. The third-order valence-corrected chi connectivity index (χ3v) is 10.9. The molecule has 4 aromatic rings. The zero-order chi connectivity index (χ0) is 43.8. The molecule has 19 heteroatoms. The van der Waals surface area contributed by atoms with Crippen LogP contribution in [0.3, 0.4) is 0 Å². The number of rotatable bonds is 19. The monoisotopic (exact) mass is 883 g/mol. The van der Waals surface area contributed by atoms with Gasteiger partial charge in [-0.2, -0.15) is 13.2 Å². The Bertz CT molecular complexity index is 2290. The topological polar surface area (TPSA) is 177 Å². The molecule has 3 aromatic carbocycles. The number of piperidine rings is 1. The number of ether oxygens (including phenoxy) is 5. The highest BCUT2D eigenvalue weighted by Gasteiger charge is 2.44. The average Bonchev–Trinajstić information content (AvgIpc) is 3.72. The summed E-state index contributed by atoms with van der Waals surface area (Å²) in [5, 5.41) is 4.83. The molecule has 1 aromatic heterocycles. The smallest absolute Gasteiger partial charge is 0.416 e. The number of hydrogen-bond donors (Lipinski definition) is 2. The molecule has 3 heterocycles. The molecule has 1 unspecified atom stereocenters. The van der Waals surface area contributed by atoms with Gasteiger partial charge in [-0.3, -0.25) is 39.5 Å². The normalized spacial score (nSPS) is 18.9. The van der Waals surface area contributed by atoms with Crippen molar-refractivity contribution in [2.24, 2.45) is 5.92 Å². The van der Waals surface area contributed by atoms with E-state index in [2.05, 4.69) is 15.6 Å². The van der Waals surface area contributed by atoms with E-state index in [9.17, 15) is 41.5 Å². The van der Waals surface area contributed by atoms with Crippen LogP contribution < -0.4 is 15.4 Å². The van der Waals surface area contributed by atoms with Gasteiger partial charge < -0.3 is 28.3 Å². The highest BCUT2D eigenvalue weighted by atomic mass is 19.4. The second-order valence-electron chi connectivity index (χ2n) is 15.1. The van der Waals surface area contributed by atoms with Crippen LogP contribution in [0.1, 0.15) is 88.6 Å². The number of imide groups is 2. The number of nitrogens with one attached hydrogen (secondary N) is 2. The van der Waals surface area contributed by atoms with E-state index in [4.69, 9.17) is 23.7 Å². The summed E-state index contributed by atoms with van der Waals surface area (Å²) in [6.45, 7) is 3.14. The van der Waals surface area contributed by atoms with E-state index < -0.39 is 53.1 Å². The van der Waals surface area contributed by atoms with Gasteiger partial charge in [0.15, 0.2) is 0 Å². The van der Waals surface area contributed by atoms with Gasteiger partial charge in [0.2, 0.25) is 17.8 Å². The molecule has 0 radical (unpaired) electrons. The summed E-state index contributed by atoms with van der Waals surface area (Å²) in [6, 6.07) is 11.7. The van der Waals surface area contributed by atoms with Crippen LogP contribution >= 0.6 is 0 Å². The van der Waals surface area contributed by atoms with E-state index in [0.29, 0.717) is 63.0 Å². The summed E-state index contributed by atoms with van der Waals surface area (Å²) < 4.78 is 84.0. The predicted molar refractivity (Wildman–Crippen MR) is 219 cm³/mol. The summed E-state index contributed by atoms with van der Waals surface area (Å²) in [6.07, 6.45) is -1.40. The van der Waals surface area contributed by atoms with E-state index in [1.165, 1.54) is 36.4 Å². The number of anilines is 1. The van der Waals surface area contributed by atoms with Gasteiger partial charge in [-0.1, -0.05) is 13.5 Å². The number of hydrogen-bond acceptors (Lipinski definition) is 11. The fourth-order valence-corrected chi connectivity index (χ4v) is 7.78. The number of imidazole rings is 1. The molecule has 1 atom stereocenters. The van der Waals surface area contributed by atoms with Crippen LogP contribution in [0.15, 0.2) is 60.7 Å². The van der Waals surface area contributed by atoms with Gasteiger partial charge in [0.1, 0.15) is 24.2 Å². The number of benzene rings is 3. The number of amides is 5. The summed E-state index contributed by atoms with van der Waals surface area (Å²) in [4.78, 5) is 68.0. The minimum atomic E-state index is -4.61. The maximum Gasteiger partial charge on any atom is 0.416 e. The van der Waals surface area contributed by atoms with Crippen LogP contribution in [0.4, 0.5) is 23.5 Å². The zero-order valence-corrected chi connectivity index (χ0v) is 33.5. The average molecular weight is 884 g/mol. The van der Waals surface area contributed by atoms with Crippen LogP contribution in [0.5, 0.6) is 5.75 Å². The largest absolute Gasteiger partial charge is 0.491 e. The predicted octanol–water partition coefficient (Wildman–Crippen LogP) is 6.36. The molecule has 15 nitrogen and oxygen atoms in total. The van der Waals surface area contributed by atoms with Crippen LogP contribution in [0.25, 0.3) is 11.0 Å². The minimum absolute atomic E-state index is 0. The maximum absolute atomic E-state index is 14.1. The molecule has 63 heavy (non-hydrogen) atoms. The first-order valence-electron chi connectivity index (χ1n) is 20.3. The number of alkyl halides is 3. The second-order valence-corrected chi connectivity index (χ2v) is 15.1. The fourth-order valence-electron chi connectivity index (χ4n) is 7.78. The lowest BCUT2D eigenvalue weighted by atomic mass is 9.86. The number of aromatic nitrogens is 2. The van der Waals surface area contributed by atoms with Crippen LogP contribution in [0, 0.1) is 11.7 Å². The molecular formula is C44H49F4N5O10. The molecule has 1 saturated carbocycles. The van der Waals surface area contributed by atoms with Gasteiger partial charge in [0.05, 0.1) is 74.0 Å². The van der Waals surface area contributed by atoms with Gasteiger partial charge in [0, 0.05) is 30.7 Å². The van der Waals surface area contributed by atoms with Crippen molar-refractivity contribution in [3.8, 4) is 5.75 Å². The van der Waals surface area contributed by atoms with Gasteiger partial charge in [-0.05, 0) is 86.6 Å². The van der Waals surface area contributed by atoms with Gasteiger partial charge in [0.25, 0.3) is 17.7 Å². The maximum atomic E-state index is 14.1. The third kappa shape index (κ3) is 11.4. The SMILES string of the molecule is C.O=C1CCC(N2C(=O)c3ccc(OCCOCCOCCOCCOCC4CCC(n5c(NC(=O)c6cccc(C(F)(F)F)c6)nc6cc(F)ccc65)CC4)cc3C2=O)C(=O)N1. The first-order chi connectivity index (χ1) is 29.9. The van der Waals surface area contributed by atoms with Crippen LogP contribution in [0.2, 0.25) is 0 Å². The molecule has 2 N–H and O–H groups in total. The van der Waals surface area contributed by atoms with Gasteiger partial charge in [-0.25, -0.2) is 9.37 Å². The standard InChI is InChI=1S/C43H45F4N5O10.CH4/c44-29-6-11-35-34(23-29)48-42(50-38(54)27-2-1-3-28(22-27)43(45,46)47)51(35)30-7-4-26(5-8-30)25-61-19-18-59-15-14-58-16-17-60-20-21-62-31-9-10-32-33(24-31)41(57)52(40(32)56)36-12-13-37(53)49-39(36)55;/h1-3,6,9-11,22-24,26,30,36H,4-5,7-8,12-21,25H2,(H,48,50,54)(H,49,53,55);1H4. The number of nitrogens with zero attached hydrogens (tertiary/aromatic N) is 3. The van der Waals surface area contributed by atoms with Crippen molar-refractivity contribution >= 4 is 46.5 Å². The summed E-state index contributed by atoms with van der Waals surface area (Å²) in [5.74, 6) is -2.77. The molecule has 0 bridgehead atoms. The Hall–Kier alpha value is -5.76. The van der Waals surface area contributed by atoms with Crippen LogP contribution in [-0.4, -0.2) is 109 Å². The van der Waals surface area contributed by atoms with E-state index in [-0.39, 0.29) is 68.1 Å². The van der Waals surface area contributed by atoms with Crippen molar-refractivity contribution in [2.45, 2.75) is 64.2 Å². The Labute approximate surface area is 360 Å². The number of fused-ring (bicyclic) bond motifs is 2. The van der Waals surface area contributed by atoms with Crippen molar-refractivity contribution in [3.63, 3.8) is 0 Å². The van der Waals surface area contributed by atoms with Crippen LogP contribution in [-0.2, 0) is 34.7 Å². The zero-order valence-electron chi connectivity index (χ0n) is 33.5. The van der Waals surface area contributed by atoms with Crippen molar-refractivity contribution in [1.82, 2.24) is 19.8 Å². The number of halogens is 4. The molecule has 5 amide bonds. The lowest BCUT2D eigenvalue weighted by molar-refractivity contribution is -0.138. The molecule has 3 aliphatic rings. The lowest BCUT2D eigenvalue weighted by Crippen LogP contribution is -2.54. The highest BCUT2D eigenvalue weighted by molar-refractivity contribution is 6.23. The van der Waals surface area contributed by atoms with Crippen molar-refractivity contribution < 1.29 is 65.2 Å². The molecule has 1 aliphatic carbocycles. The lowest BCUT2D eigenvalue weighted by Gasteiger charge is -2.30. The first kappa shape index (κ1) is 46.7. The highest BCUT2D eigenvalue weighted by Crippen LogP contribution is 2.38. The van der Waals surface area contributed by atoms with Gasteiger partial charge in [-0.15, -0.1) is 0 Å². The Morgan fingerprint density at radius 3 is 2.13 bits per heavy atom. The van der Waals surface area contributed by atoms with E-state index >= 15 is 0 Å². The van der Waals surface area contributed by atoms with Crippen molar-refractivity contribution in [3.05, 3.63) is 88.7 Å².